The monoisotopic (exact) mass is 485 g/mol. The molecule has 4 aromatic carbocycles. The van der Waals surface area contributed by atoms with E-state index in [9.17, 15) is 4.79 Å². The number of nitrogens with one attached hydrogen (secondary N) is 3. The fourth-order valence-electron chi connectivity index (χ4n) is 4.38. The summed E-state index contributed by atoms with van der Waals surface area (Å²) in [6, 6.07) is 31.7. The number of fused-ring (bicyclic) bond motifs is 2. The van der Waals surface area contributed by atoms with Gasteiger partial charge in [-0.2, -0.15) is 10.2 Å². The lowest BCUT2D eigenvalue weighted by atomic mass is 10.1. The Balaban J connectivity index is 1.17. The maximum Gasteiger partial charge on any atom is 0.289 e. The molecule has 0 aliphatic carbocycles. The number of hydrogen-bond donors (Lipinski definition) is 3. The molecule has 0 saturated carbocycles. The Morgan fingerprint density at radius 1 is 0.919 bits per heavy atom. The van der Waals surface area contributed by atoms with Crippen LogP contribution in [0, 0.1) is 0 Å². The number of ether oxygens (including phenoxy) is 1. The maximum absolute atomic E-state index is 12.7. The lowest BCUT2D eigenvalue weighted by Crippen LogP contribution is -2.17. The van der Waals surface area contributed by atoms with Gasteiger partial charge in [-0.15, -0.1) is 0 Å². The van der Waals surface area contributed by atoms with Crippen molar-refractivity contribution >= 4 is 33.8 Å². The molecule has 6 rings (SSSR count). The average Bonchev–Trinajstić information content (AvgIpc) is 3.60. The van der Waals surface area contributed by atoms with Crippen LogP contribution in [0.2, 0.25) is 0 Å². The van der Waals surface area contributed by atoms with Crippen LogP contribution in [0.25, 0.3) is 32.9 Å². The van der Waals surface area contributed by atoms with E-state index in [1.54, 1.807) is 12.3 Å². The number of amides is 1. The number of carbonyl (C=O) groups excluding carboxylic acids is 1. The van der Waals surface area contributed by atoms with Crippen LogP contribution in [0.1, 0.15) is 21.6 Å². The van der Waals surface area contributed by atoms with E-state index in [1.807, 2.05) is 72.9 Å². The van der Waals surface area contributed by atoms with Crippen molar-refractivity contribution in [3.8, 4) is 17.0 Å². The summed E-state index contributed by atoms with van der Waals surface area (Å²) in [4.78, 5) is 15.8. The van der Waals surface area contributed by atoms with E-state index in [0.29, 0.717) is 23.7 Å². The van der Waals surface area contributed by atoms with Crippen LogP contribution in [0.5, 0.6) is 5.75 Å². The number of nitrogens with zero attached hydrogens (tertiary/aromatic N) is 2. The van der Waals surface area contributed by atoms with Gasteiger partial charge in [-0.3, -0.25) is 9.89 Å². The summed E-state index contributed by atoms with van der Waals surface area (Å²) in [6.45, 7) is 0.415. The summed E-state index contributed by atoms with van der Waals surface area (Å²) in [5.74, 6) is 0.301. The molecular weight excluding hydrogens is 462 g/mol. The number of benzene rings is 4. The van der Waals surface area contributed by atoms with Crippen molar-refractivity contribution in [1.29, 1.82) is 0 Å². The summed E-state index contributed by atoms with van der Waals surface area (Å²) in [6.07, 6.45) is 3.47. The summed E-state index contributed by atoms with van der Waals surface area (Å²) >= 11 is 0. The first-order valence-electron chi connectivity index (χ1n) is 11.9. The zero-order chi connectivity index (χ0) is 25.0. The topological polar surface area (TPSA) is 95.2 Å². The highest BCUT2D eigenvalue weighted by atomic mass is 16.5. The van der Waals surface area contributed by atoms with Crippen molar-refractivity contribution in [2.24, 2.45) is 5.10 Å². The molecular formula is C30H23N5O2. The lowest BCUT2D eigenvalue weighted by Gasteiger charge is -2.12. The zero-order valence-electron chi connectivity index (χ0n) is 19.8. The molecule has 7 heteroatoms. The summed E-state index contributed by atoms with van der Waals surface area (Å²) in [5.41, 5.74) is 7.26. The number of para-hydroxylation sites is 2. The van der Waals surface area contributed by atoms with Gasteiger partial charge >= 0.3 is 0 Å². The molecule has 3 N–H and O–H groups in total. The molecule has 6 aromatic rings. The number of hydrogen-bond acceptors (Lipinski definition) is 4. The molecule has 7 nitrogen and oxygen atoms in total. The van der Waals surface area contributed by atoms with E-state index in [0.717, 1.165) is 33.0 Å². The quantitative estimate of drug-likeness (QED) is 0.190. The van der Waals surface area contributed by atoms with Crippen molar-refractivity contribution in [3.63, 3.8) is 0 Å². The Kier molecular flexibility index (Phi) is 5.93. The van der Waals surface area contributed by atoms with E-state index in [1.165, 1.54) is 5.39 Å². The molecule has 0 bridgehead atoms. The highest BCUT2D eigenvalue weighted by Crippen LogP contribution is 2.30. The third-order valence-electron chi connectivity index (χ3n) is 6.24. The van der Waals surface area contributed by atoms with Gasteiger partial charge in [0.1, 0.15) is 18.1 Å². The molecule has 1 amide bonds. The molecule has 0 saturated heterocycles. The number of rotatable bonds is 7. The second-order valence-corrected chi connectivity index (χ2v) is 8.58. The van der Waals surface area contributed by atoms with Gasteiger partial charge in [-0.05, 0) is 40.6 Å². The Morgan fingerprint density at radius 3 is 2.65 bits per heavy atom. The van der Waals surface area contributed by atoms with Gasteiger partial charge in [-0.1, -0.05) is 72.8 Å². The van der Waals surface area contributed by atoms with E-state index < -0.39 is 0 Å². The number of H-pyrrole nitrogens is 2. The van der Waals surface area contributed by atoms with Crippen molar-refractivity contribution in [3.05, 3.63) is 120 Å². The summed E-state index contributed by atoms with van der Waals surface area (Å²) in [7, 11) is 0. The van der Waals surface area contributed by atoms with E-state index in [4.69, 9.17) is 4.74 Å². The third kappa shape index (κ3) is 4.58. The molecule has 2 heterocycles. The Hall–Kier alpha value is -5.17. The maximum atomic E-state index is 12.7. The van der Waals surface area contributed by atoms with Gasteiger partial charge in [0.2, 0.25) is 0 Å². The molecule has 0 radical (unpaired) electrons. The second kappa shape index (κ2) is 9.83. The van der Waals surface area contributed by atoms with Crippen LogP contribution < -0.4 is 10.2 Å². The van der Waals surface area contributed by atoms with Crippen LogP contribution in [-0.2, 0) is 6.61 Å². The molecule has 37 heavy (non-hydrogen) atoms. The minimum Gasteiger partial charge on any atom is -0.488 e. The van der Waals surface area contributed by atoms with E-state index >= 15 is 0 Å². The first kappa shape index (κ1) is 22.3. The van der Waals surface area contributed by atoms with Crippen molar-refractivity contribution < 1.29 is 9.53 Å². The van der Waals surface area contributed by atoms with Crippen LogP contribution in [-0.4, -0.2) is 27.3 Å². The zero-order valence-corrected chi connectivity index (χ0v) is 19.8. The highest BCUT2D eigenvalue weighted by Gasteiger charge is 2.14. The van der Waals surface area contributed by atoms with Crippen LogP contribution >= 0.6 is 0 Å². The summed E-state index contributed by atoms with van der Waals surface area (Å²) in [5, 5.41) is 14.6. The Morgan fingerprint density at radius 2 is 1.70 bits per heavy atom. The number of aromatic amines is 2. The minimum absolute atomic E-state index is 0.301. The first-order chi connectivity index (χ1) is 18.3. The molecule has 0 spiro atoms. The summed E-state index contributed by atoms with van der Waals surface area (Å²) < 4.78 is 6.22. The van der Waals surface area contributed by atoms with Gasteiger partial charge in [0.15, 0.2) is 0 Å². The fourth-order valence-corrected chi connectivity index (χ4v) is 4.38. The molecule has 0 aliphatic rings. The third-order valence-corrected chi connectivity index (χ3v) is 6.24. The van der Waals surface area contributed by atoms with Gasteiger partial charge in [0, 0.05) is 28.2 Å². The van der Waals surface area contributed by atoms with E-state index in [-0.39, 0.29) is 5.91 Å². The normalized spacial score (nSPS) is 11.4. The van der Waals surface area contributed by atoms with E-state index in [2.05, 4.69) is 50.0 Å². The van der Waals surface area contributed by atoms with Crippen molar-refractivity contribution in [1.82, 2.24) is 20.6 Å². The van der Waals surface area contributed by atoms with Gasteiger partial charge < -0.3 is 9.72 Å². The SMILES string of the molecule is O=C(N/N=C/c1c[nH]c2ccccc12)c1cc(-c2ccccc2OCc2cccc3ccccc23)n[nH]1. The van der Waals surface area contributed by atoms with Gasteiger partial charge in [-0.25, -0.2) is 5.43 Å². The number of carbonyl (C=O) groups is 1. The molecule has 180 valence electrons. The van der Waals surface area contributed by atoms with Crippen molar-refractivity contribution in [2.75, 3.05) is 0 Å². The van der Waals surface area contributed by atoms with Crippen molar-refractivity contribution in [2.45, 2.75) is 6.61 Å². The minimum atomic E-state index is -0.385. The molecule has 2 aromatic heterocycles. The standard InChI is InChI=1S/C30H23N5O2/c36-30(35-32-18-22-17-31-26-14-5-3-12-24(22)26)28-16-27(33-34-28)25-13-4-6-15-29(25)37-19-21-10-7-9-20-8-1-2-11-23(20)21/h1-18,31H,19H2,(H,33,34)(H,35,36)/b32-18+. The van der Waals surface area contributed by atoms with Gasteiger partial charge in [0.05, 0.1) is 11.9 Å². The Labute approximate surface area is 212 Å². The fraction of sp³-hybridized carbons (Fsp3) is 0.0333. The molecule has 0 fully saturated rings. The van der Waals surface area contributed by atoms with Gasteiger partial charge in [0.25, 0.3) is 5.91 Å². The first-order valence-corrected chi connectivity index (χ1v) is 11.9. The number of aromatic nitrogens is 3. The average molecular weight is 486 g/mol. The highest BCUT2D eigenvalue weighted by molar-refractivity contribution is 6.00. The largest absolute Gasteiger partial charge is 0.488 e. The predicted molar refractivity (Wildman–Crippen MR) is 146 cm³/mol. The molecule has 0 aliphatic heterocycles. The van der Waals surface area contributed by atoms with Crippen LogP contribution in [0.4, 0.5) is 0 Å². The second-order valence-electron chi connectivity index (χ2n) is 8.58. The lowest BCUT2D eigenvalue weighted by molar-refractivity contribution is 0.0950. The number of hydrazone groups is 1. The van der Waals surface area contributed by atoms with Crippen LogP contribution in [0.3, 0.4) is 0 Å². The smallest absolute Gasteiger partial charge is 0.289 e. The molecule has 0 atom stereocenters. The van der Waals surface area contributed by atoms with Crippen LogP contribution in [0.15, 0.2) is 108 Å². The Bertz CT molecular complexity index is 1740. The molecule has 0 unspecified atom stereocenters. The predicted octanol–water partition coefficient (Wildman–Crippen LogP) is 6.05.